The van der Waals surface area contributed by atoms with Crippen molar-refractivity contribution in [3.05, 3.63) is 60.3 Å². The topological polar surface area (TPSA) is 95.1 Å². The van der Waals surface area contributed by atoms with Crippen molar-refractivity contribution in [1.29, 1.82) is 0 Å². The normalized spacial score (nSPS) is 12.1. The molecular formula is C21H20FN5O2S. The highest BCUT2D eigenvalue weighted by atomic mass is 32.2. The number of ether oxygens (including phenoxy) is 1. The summed E-state index contributed by atoms with van der Waals surface area (Å²) in [6.07, 6.45) is 3.12. The number of benzene rings is 2. The number of fused-ring (bicyclic) bond motifs is 1. The van der Waals surface area contributed by atoms with Crippen LogP contribution < -0.4 is 15.2 Å². The van der Waals surface area contributed by atoms with Crippen LogP contribution in [-0.4, -0.2) is 25.9 Å². The fourth-order valence-corrected chi connectivity index (χ4v) is 4.33. The Morgan fingerprint density at radius 1 is 1.20 bits per heavy atom. The largest absolute Gasteiger partial charge is 0.496 e. The number of aromatic nitrogens is 3. The molecule has 1 atom stereocenters. The van der Waals surface area contributed by atoms with E-state index in [-0.39, 0.29) is 11.5 Å². The van der Waals surface area contributed by atoms with E-state index in [4.69, 9.17) is 10.5 Å². The molecule has 0 spiro atoms. The summed E-state index contributed by atoms with van der Waals surface area (Å²) in [5, 5.41) is 0.572. The van der Waals surface area contributed by atoms with E-state index in [0.29, 0.717) is 32.8 Å². The zero-order chi connectivity index (χ0) is 21.4. The highest BCUT2D eigenvalue weighted by Crippen LogP contribution is 2.36. The lowest BCUT2D eigenvalue weighted by Crippen LogP contribution is -2.07. The minimum atomic E-state index is -1.66. The smallest absolute Gasteiger partial charge is 0.155 e. The maximum Gasteiger partial charge on any atom is 0.155 e. The number of nitrogens with one attached hydrogen (secondary N) is 1. The van der Waals surface area contributed by atoms with E-state index in [1.807, 2.05) is 6.92 Å². The van der Waals surface area contributed by atoms with Crippen molar-refractivity contribution < 1.29 is 13.3 Å². The number of hydrogen-bond donors (Lipinski definition) is 2. The molecule has 0 aliphatic carbocycles. The maximum absolute atomic E-state index is 15.4. The molecule has 0 radical (unpaired) electrons. The first-order chi connectivity index (χ1) is 14.4. The molecule has 1 unspecified atom stereocenters. The van der Waals surface area contributed by atoms with E-state index < -0.39 is 16.8 Å². The number of nitrogens with two attached hydrogens (primary N) is 1. The molecule has 0 aliphatic rings. The molecule has 2 aromatic carbocycles. The second-order valence-electron chi connectivity index (χ2n) is 6.78. The molecule has 0 aliphatic heterocycles. The van der Waals surface area contributed by atoms with Gasteiger partial charge < -0.3 is 15.0 Å². The van der Waals surface area contributed by atoms with Gasteiger partial charge in [-0.25, -0.2) is 18.6 Å². The minimum absolute atomic E-state index is 0.117. The molecule has 0 bridgehead atoms. The van der Waals surface area contributed by atoms with Crippen LogP contribution >= 0.6 is 0 Å². The first-order valence-corrected chi connectivity index (χ1v) is 10.2. The standard InChI is InChI=1S/C21H20FN5O2S/c1-12-9-13(7-8-17(12)29-3)30(28)26-16-6-4-5-14(19(16)22)15-10-27(2)21-18(15)20(23)24-11-25-21/h4-11,26H,1-3H3,(H2,23,24,25). The average molecular weight is 425 g/mol. The lowest BCUT2D eigenvalue weighted by atomic mass is 10.0. The van der Waals surface area contributed by atoms with E-state index in [1.165, 1.54) is 12.4 Å². The number of nitrogen functional groups attached to an aromatic ring is 1. The van der Waals surface area contributed by atoms with Crippen LogP contribution in [0.5, 0.6) is 5.75 Å². The molecule has 154 valence electrons. The van der Waals surface area contributed by atoms with Gasteiger partial charge in [0.05, 0.1) is 23.1 Å². The van der Waals surface area contributed by atoms with Gasteiger partial charge in [-0.05, 0) is 36.8 Å². The zero-order valence-corrected chi connectivity index (χ0v) is 17.5. The molecule has 0 fully saturated rings. The number of halogens is 1. The zero-order valence-electron chi connectivity index (χ0n) is 16.6. The molecular weight excluding hydrogens is 405 g/mol. The number of aryl methyl sites for hydroxylation is 2. The van der Waals surface area contributed by atoms with E-state index in [2.05, 4.69) is 14.7 Å². The van der Waals surface area contributed by atoms with Crippen LogP contribution in [0.25, 0.3) is 22.2 Å². The van der Waals surface area contributed by atoms with Crippen molar-refractivity contribution in [2.24, 2.45) is 7.05 Å². The van der Waals surface area contributed by atoms with Gasteiger partial charge in [-0.3, -0.25) is 4.72 Å². The van der Waals surface area contributed by atoms with E-state index in [0.717, 1.165) is 5.56 Å². The second-order valence-corrected chi connectivity index (χ2v) is 7.99. The lowest BCUT2D eigenvalue weighted by Gasteiger charge is -2.12. The average Bonchev–Trinajstić information content (AvgIpc) is 3.07. The Hall–Kier alpha value is -3.46. The summed E-state index contributed by atoms with van der Waals surface area (Å²) >= 11 is 0. The maximum atomic E-state index is 15.4. The fourth-order valence-electron chi connectivity index (χ4n) is 3.38. The van der Waals surface area contributed by atoms with Crippen LogP contribution in [0, 0.1) is 12.7 Å². The lowest BCUT2D eigenvalue weighted by molar-refractivity contribution is 0.411. The second kappa shape index (κ2) is 7.75. The molecule has 4 aromatic rings. The van der Waals surface area contributed by atoms with Gasteiger partial charge in [0.1, 0.15) is 34.5 Å². The fraction of sp³-hybridized carbons (Fsp3) is 0.143. The quantitative estimate of drug-likeness (QED) is 0.507. The van der Waals surface area contributed by atoms with Crippen LogP contribution in [-0.2, 0) is 18.0 Å². The Kier molecular flexibility index (Phi) is 5.13. The first kappa shape index (κ1) is 19.8. The van der Waals surface area contributed by atoms with Crippen LogP contribution in [0.2, 0.25) is 0 Å². The minimum Gasteiger partial charge on any atom is -0.496 e. The summed E-state index contributed by atoms with van der Waals surface area (Å²) < 4.78 is 37.9. The van der Waals surface area contributed by atoms with Gasteiger partial charge in [-0.1, -0.05) is 12.1 Å². The molecule has 4 rings (SSSR count). The van der Waals surface area contributed by atoms with Crippen molar-refractivity contribution in [1.82, 2.24) is 14.5 Å². The van der Waals surface area contributed by atoms with Crippen LogP contribution in [0.1, 0.15) is 5.56 Å². The highest BCUT2D eigenvalue weighted by Gasteiger charge is 2.19. The molecule has 0 saturated heterocycles. The Bertz CT molecular complexity index is 1290. The van der Waals surface area contributed by atoms with Gasteiger partial charge in [0.2, 0.25) is 0 Å². The Balaban J connectivity index is 1.73. The molecule has 2 aromatic heterocycles. The number of nitrogens with zero attached hydrogens (tertiary/aromatic N) is 3. The van der Waals surface area contributed by atoms with E-state index >= 15 is 4.39 Å². The number of rotatable bonds is 5. The molecule has 30 heavy (non-hydrogen) atoms. The van der Waals surface area contributed by atoms with Crippen molar-refractivity contribution in [2.75, 3.05) is 17.6 Å². The number of hydrogen-bond acceptors (Lipinski definition) is 5. The third kappa shape index (κ3) is 3.37. The van der Waals surface area contributed by atoms with Crippen molar-refractivity contribution in [2.45, 2.75) is 11.8 Å². The molecule has 9 heteroatoms. The van der Waals surface area contributed by atoms with Crippen molar-refractivity contribution >= 4 is 33.5 Å². The third-order valence-corrected chi connectivity index (χ3v) is 5.94. The summed E-state index contributed by atoms with van der Waals surface area (Å²) in [5.74, 6) is 0.428. The molecule has 3 N–H and O–H groups in total. The van der Waals surface area contributed by atoms with Crippen LogP contribution in [0.15, 0.2) is 53.8 Å². The first-order valence-electron chi connectivity index (χ1n) is 9.08. The van der Waals surface area contributed by atoms with Gasteiger partial charge in [0, 0.05) is 24.4 Å². The highest BCUT2D eigenvalue weighted by molar-refractivity contribution is 7.86. The number of methoxy groups -OCH3 is 1. The summed E-state index contributed by atoms with van der Waals surface area (Å²) in [5.41, 5.74) is 8.47. The predicted molar refractivity (Wildman–Crippen MR) is 116 cm³/mol. The Morgan fingerprint density at radius 2 is 2.00 bits per heavy atom. The van der Waals surface area contributed by atoms with E-state index in [9.17, 15) is 4.21 Å². The van der Waals surface area contributed by atoms with Gasteiger partial charge in [0.15, 0.2) is 5.82 Å². The van der Waals surface area contributed by atoms with Gasteiger partial charge in [-0.2, -0.15) is 0 Å². The summed E-state index contributed by atoms with van der Waals surface area (Å²) in [6.45, 7) is 1.85. The SMILES string of the molecule is COc1ccc(S(=O)Nc2cccc(-c3cn(C)c4ncnc(N)c34)c2F)cc1C. The predicted octanol–water partition coefficient (Wildman–Crippen LogP) is 3.81. The Labute approximate surface area is 175 Å². The summed E-state index contributed by atoms with van der Waals surface area (Å²) in [4.78, 5) is 8.77. The monoisotopic (exact) mass is 425 g/mol. The molecule has 0 saturated carbocycles. The molecule has 0 amide bonds. The number of anilines is 2. The van der Waals surface area contributed by atoms with Crippen molar-refractivity contribution in [3.63, 3.8) is 0 Å². The van der Waals surface area contributed by atoms with Gasteiger partial charge in [-0.15, -0.1) is 0 Å². The summed E-state index contributed by atoms with van der Waals surface area (Å²) in [7, 11) is 1.72. The van der Waals surface area contributed by atoms with Crippen LogP contribution in [0.4, 0.5) is 15.9 Å². The molecule has 7 nitrogen and oxygen atoms in total. The Morgan fingerprint density at radius 3 is 2.73 bits per heavy atom. The third-order valence-electron chi connectivity index (χ3n) is 4.85. The van der Waals surface area contributed by atoms with Gasteiger partial charge in [0.25, 0.3) is 0 Å². The van der Waals surface area contributed by atoms with E-state index in [1.54, 1.807) is 55.3 Å². The van der Waals surface area contributed by atoms with Crippen LogP contribution in [0.3, 0.4) is 0 Å². The summed E-state index contributed by atoms with van der Waals surface area (Å²) in [6, 6.07) is 10.0. The van der Waals surface area contributed by atoms with Crippen molar-refractivity contribution in [3.8, 4) is 16.9 Å². The van der Waals surface area contributed by atoms with Gasteiger partial charge >= 0.3 is 0 Å². The molecule has 2 heterocycles.